The molecule has 3 rings (SSSR count). The van der Waals surface area contributed by atoms with Crippen molar-refractivity contribution in [3.05, 3.63) is 49.7 Å². The summed E-state index contributed by atoms with van der Waals surface area (Å²) in [5.41, 5.74) is 1.33. The van der Waals surface area contributed by atoms with Crippen molar-refractivity contribution < 1.29 is 14.3 Å². The number of H-pyrrole nitrogens is 1. The van der Waals surface area contributed by atoms with Gasteiger partial charge in [0.1, 0.15) is 6.73 Å². The number of halogens is 2. The molecule has 0 saturated carbocycles. The number of urea groups is 1. The quantitative estimate of drug-likeness (QED) is 0.716. The van der Waals surface area contributed by atoms with Crippen LogP contribution in [0.15, 0.2) is 28.1 Å². The zero-order valence-electron chi connectivity index (χ0n) is 16.7. The molecule has 1 aliphatic rings. The fourth-order valence-corrected chi connectivity index (χ4v) is 3.30. The van der Waals surface area contributed by atoms with Crippen molar-refractivity contribution in [1.82, 2.24) is 20.5 Å². The van der Waals surface area contributed by atoms with Gasteiger partial charge in [-0.1, -0.05) is 37.0 Å². The second-order valence-electron chi connectivity index (χ2n) is 6.75. The third-order valence-corrected chi connectivity index (χ3v) is 4.87. The van der Waals surface area contributed by atoms with E-state index in [0.717, 1.165) is 0 Å². The van der Waals surface area contributed by atoms with E-state index in [1.807, 2.05) is 20.8 Å². The average molecular weight is 454 g/mol. The van der Waals surface area contributed by atoms with E-state index in [0.29, 0.717) is 23.4 Å². The summed E-state index contributed by atoms with van der Waals surface area (Å²) in [6.45, 7) is 6.19. The second kappa shape index (κ2) is 9.46. The number of rotatable bonds is 5. The molecular formula is C19H21Cl2N5O4. The molecule has 0 saturated heterocycles. The first-order valence-electron chi connectivity index (χ1n) is 9.27. The number of benzene rings is 1. The maximum Gasteiger partial charge on any atom is 0.339 e. The summed E-state index contributed by atoms with van der Waals surface area (Å²) in [5.74, 6) is 0.340. The van der Waals surface area contributed by atoms with Crippen molar-refractivity contribution >= 4 is 34.9 Å². The lowest BCUT2D eigenvalue weighted by atomic mass is 10.1. The molecule has 2 heterocycles. The predicted molar refractivity (Wildman–Crippen MR) is 114 cm³/mol. The molecular weight excluding hydrogens is 433 g/mol. The van der Waals surface area contributed by atoms with Crippen LogP contribution in [0.4, 0.5) is 4.79 Å². The van der Waals surface area contributed by atoms with E-state index >= 15 is 0 Å². The molecule has 0 unspecified atom stereocenters. The Bertz CT molecular complexity index is 1010. The summed E-state index contributed by atoms with van der Waals surface area (Å²) in [4.78, 5) is 23.9. The Morgan fingerprint density at radius 2 is 1.93 bits per heavy atom. The first-order chi connectivity index (χ1) is 14.3. The van der Waals surface area contributed by atoms with Gasteiger partial charge in [0.15, 0.2) is 5.75 Å². The van der Waals surface area contributed by atoms with Gasteiger partial charge >= 0.3 is 6.03 Å². The molecule has 2 N–H and O–H groups in total. The Morgan fingerprint density at radius 1 is 1.23 bits per heavy atom. The SMILES string of the molecule is CCN1/N=C(/c2cc(Cl)c(Oc3cc(C(C)C)c(=O)[nH]n3)c(Cl)c2)COCNC1=O. The van der Waals surface area contributed by atoms with Crippen LogP contribution in [0.2, 0.25) is 10.0 Å². The maximum absolute atomic E-state index is 12.0. The Labute approximate surface area is 183 Å². The van der Waals surface area contributed by atoms with Crippen molar-refractivity contribution in [2.75, 3.05) is 19.9 Å². The molecule has 9 nitrogen and oxygen atoms in total. The molecule has 0 aliphatic carbocycles. The lowest BCUT2D eigenvalue weighted by Crippen LogP contribution is -2.41. The molecule has 30 heavy (non-hydrogen) atoms. The highest BCUT2D eigenvalue weighted by Gasteiger charge is 2.19. The van der Waals surface area contributed by atoms with E-state index in [2.05, 4.69) is 20.6 Å². The van der Waals surface area contributed by atoms with Gasteiger partial charge in [0.2, 0.25) is 5.88 Å². The minimum atomic E-state index is -0.364. The van der Waals surface area contributed by atoms with Gasteiger partial charge in [-0.3, -0.25) is 4.79 Å². The minimum absolute atomic E-state index is 0.0107. The normalized spacial score (nSPS) is 16.5. The van der Waals surface area contributed by atoms with E-state index < -0.39 is 0 Å². The molecule has 1 aromatic carbocycles. The van der Waals surface area contributed by atoms with Crippen LogP contribution in [0.25, 0.3) is 0 Å². The average Bonchev–Trinajstić information content (AvgIpc) is 2.69. The number of hydrogen-bond acceptors (Lipinski definition) is 6. The fraction of sp³-hybridized carbons (Fsp3) is 0.368. The summed E-state index contributed by atoms with van der Waals surface area (Å²) < 4.78 is 11.1. The van der Waals surface area contributed by atoms with Gasteiger partial charge < -0.3 is 14.8 Å². The molecule has 160 valence electrons. The van der Waals surface area contributed by atoms with Crippen LogP contribution < -0.4 is 15.6 Å². The van der Waals surface area contributed by atoms with Crippen LogP contribution in [0.5, 0.6) is 11.6 Å². The van der Waals surface area contributed by atoms with E-state index in [4.69, 9.17) is 32.7 Å². The Hall–Kier alpha value is -2.62. The highest BCUT2D eigenvalue weighted by molar-refractivity contribution is 6.37. The third-order valence-electron chi connectivity index (χ3n) is 4.31. The number of aromatic nitrogens is 2. The van der Waals surface area contributed by atoms with Crippen molar-refractivity contribution in [2.45, 2.75) is 26.7 Å². The van der Waals surface area contributed by atoms with Crippen molar-refractivity contribution in [2.24, 2.45) is 5.10 Å². The molecule has 1 aromatic heterocycles. The van der Waals surface area contributed by atoms with Crippen LogP contribution >= 0.6 is 23.2 Å². The van der Waals surface area contributed by atoms with Crippen LogP contribution in [0, 0.1) is 0 Å². The number of nitrogens with one attached hydrogen (secondary N) is 2. The van der Waals surface area contributed by atoms with Gasteiger partial charge in [-0.05, 0) is 25.0 Å². The number of amides is 2. The van der Waals surface area contributed by atoms with Crippen molar-refractivity contribution in [3.8, 4) is 11.6 Å². The molecule has 0 bridgehead atoms. The van der Waals surface area contributed by atoms with E-state index in [9.17, 15) is 9.59 Å². The number of hydrazone groups is 1. The zero-order chi connectivity index (χ0) is 21.8. The summed E-state index contributed by atoms with van der Waals surface area (Å²) in [6, 6.07) is 4.42. The Balaban J connectivity index is 1.94. The largest absolute Gasteiger partial charge is 0.434 e. The Morgan fingerprint density at radius 3 is 2.57 bits per heavy atom. The smallest absolute Gasteiger partial charge is 0.339 e. The van der Waals surface area contributed by atoms with Gasteiger partial charge in [-0.2, -0.15) is 5.10 Å². The highest BCUT2D eigenvalue weighted by Crippen LogP contribution is 2.37. The predicted octanol–water partition coefficient (Wildman–Crippen LogP) is 3.72. The molecule has 1 aliphatic heterocycles. The first-order valence-corrected chi connectivity index (χ1v) is 10.0. The van der Waals surface area contributed by atoms with Crippen LogP contribution in [-0.4, -0.2) is 46.8 Å². The summed E-state index contributed by atoms with van der Waals surface area (Å²) in [5, 5.41) is 15.0. The monoisotopic (exact) mass is 453 g/mol. The van der Waals surface area contributed by atoms with Crippen molar-refractivity contribution in [1.29, 1.82) is 0 Å². The molecule has 0 atom stereocenters. The molecule has 0 fully saturated rings. The van der Waals surface area contributed by atoms with Crippen LogP contribution in [-0.2, 0) is 4.74 Å². The highest BCUT2D eigenvalue weighted by atomic mass is 35.5. The number of carbonyl (C=O) groups excluding carboxylic acids is 1. The van der Waals surface area contributed by atoms with Crippen LogP contribution in [0.3, 0.4) is 0 Å². The number of aromatic amines is 1. The van der Waals surface area contributed by atoms with Crippen LogP contribution in [0.1, 0.15) is 37.8 Å². The van der Waals surface area contributed by atoms with Gasteiger partial charge in [0.05, 0.1) is 22.4 Å². The molecule has 0 spiro atoms. The molecule has 0 radical (unpaired) electrons. The van der Waals surface area contributed by atoms with E-state index in [-0.39, 0.29) is 52.5 Å². The molecule has 2 aromatic rings. The minimum Gasteiger partial charge on any atom is -0.434 e. The number of carbonyl (C=O) groups is 1. The Kier molecular flexibility index (Phi) is 6.96. The topological polar surface area (TPSA) is 109 Å². The first kappa shape index (κ1) is 22.1. The number of hydrogen-bond donors (Lipinski definition) is 2. The zero-order valence-corrected chi connectivity index (χ0v) is 18.2. The number of nitrogens with zero attached hydrogens (tertiary/aromatic N) is 3. The van der Waals surface area contributed by atoms with Gasteiger partial charge in [0.25, 0.3) is 5.56 Å². The second-order valence-corrected chi connectivity index (χ2v) is 7.57. The van der Waals surface area contributed by atoms with E-state index in [1.54, 1.807) is 18.2 Å². The maximum atomic E-state index is 12.0. The third kappa shape index (κ3) is 4.92. The van der Waals surface area contributed by atoms with Gasteiger partial charge in [0, 0.05) is 23.7 Å². The standard InChI is InChI=1S/C19H21Cl2N5O4/c1-4-26-19(28)22-9-29-8-15(25-26)11-5-13(20)17(14(21)6-11)30-16-7-12(10(2)3)18(27)24-23-16/h5-7,10H,4,8-9H2,1-3H3,(H,22,28)(H,24,27)/b25-15+. The summed E-state index contributed by atoms with van der Waals surface area (Å²) in [7, 11) is 0. The lowest BCUT2D eigenvalue weighted by molar-refractivity contribution is 0.132. The lowest BCUT2D eigenvalue weighted by Gasteiger charge is -2.21. The van der Waals surface area contributed by atoms with Crippen molar-refractivity contribution in [3.63, 3.8) is 0 Å². The van der Waals surface area contributed by atoms with E-state index in [1.165, 1.54) is 5.01 Å². The van der Waals surface area contributed by atoms with Gasteiger partial charge in [-0.15, -0.1) is 5.10 Å². The fourth-order valence-electron chi connectivity index (χ4n) is 2.74. The van der Waals surface area contributed by atoms with Gasteiger partial charge in [-0.25, -0.2) is 14.9 Å². The molecule has 2 amide bonds. The molecule has 11 heteroatoms. The summed E-state index contributed by atoms with van der Waals surface area (Å²) in [6.07, 6.45) is 0. The summed E-state index contributed by atoms with van der Waals surface area (Å²) >= 11 is 12.8. The number of ether oxygens (including phenoxy) is 2.